The van der Waals surface area contributed by atoms with E-state index >= 15 is 0 Å². The molecular weight excluding hydrogens is 370 g/mol. The molecule has 0 aliphatic heterocycles. The normalized spacial score (nSPS) is 11.2. The Labute approximate surface area is 165 Å². The zero-order valence-corrected chi connectivity index (χ0v) is 15.2. The van der Waals surface area contributed by atoms with Crippen LogP contribution in [0.4, 0.5) is 14.5 Å². The van der Waals surface area contributed by atoms with E-state index in [-0.39, 0.29) is 0 Å². The summed E-state index contributed by atoms with van der Waals surface area (Å²) in [5.74, 6) is -1.25. The molecule has 29 heavy (non-hydrogen) atoms. The fourth-order valence-electron chi connectivity index (χ4n) is 3.55. The van der Waals surface area contributed by atoms with Crippen LogP contribution in [0.3, 0.4) is 0 Å². The predicted octanol–water partition coefficient (Wildman–Crippen LogP) is 5.55. The number of benzene rings is 3. The van der Waals surface area contributed by atoms with Gasteiger partial charge in [-0.2, -0.15) is 0 Å². The molecule has 5 rings (SSSR count). The Morgan fingerprint density at radius 2 is 1.79 bits per heavy atom. The van der Waals surface area contributed by atoms with Gasteiger partial charge in [-0.05, 0) is 60.2 Å². The maximum absolute atomic E-state index is 14.3. The van der Waals surface area contributed by atoms with Gasteiger partial charge in [0.05, 0.1) is 11.0 Å². The molecule has 0 atom stereocenters. The highest BCUT2D eigenvalue weighted by Crippen LogP contribution is 2.30. The number of anilines is 1. The molecule has 2 heterocycles. The highest BCUT2D eigenvalue weighted by atomic mass is 19.1. The van der Waals surface area contributed by atoms with Crippen molar-refractivity contribution < 1.29 is 8.78 Å². The number of aromatic amines is 1. The summed E-state index contributed by atoms with van der Waals surface area (Å²) in [5, 5.41) is 0. The Hall–Kier alpha value is -3.93. The molecule has 6 heteroatoms. The fraction of sp³-hybridized carbons (Fsp3) is 0. The lowest BCUT2D eigenvalue weighted by Crippen LogP contribution is -1.97. The largest absolute Gasteiger partial charge is 0.399 e. The first-order valence-electron chi connectivity index (χ1n) is 9.06. The van der Waals surface area contributed by atoms with Crippen LogP contribution in [0.2, 0.25) is 0 Å². The van der Waals surface area contributed by atoms with Crippen LogP contribution in [0.1, 0.15) is 0 Å². The number of imidazole rings is 1. The van der Waals surface area contributed by atoms with E-state index in [1.54, 1.807) is 18.5 Å². The van der Waals surface area contributed by atoms with E-state index in [9.17, 15) is 8.78 Å². The molecule has 0 fully saturated rings. The van der Waals surface area contributed by atoms with Crippen LogP contribution in [-0.2, 0) is 0 Å². The Morgan fingerprint density at radius 1 is 0.897 bits per heavy atom. The molecule has 2 aromatic heterocycles. The lowest BCUT2D eigenvalue weighted by atomic mass is 10.0. The zero-order valence-electron chi connectivity index (χ0n) is 15.2. The van der Waals surface area contributed by atoms with Crippen molar-refractivity contribution >= 4 is 16.7 Å². The van der Waals surface area contributed by atoms with Gasteiger partial charge in [0.2, 0.25) is 0 Å². The van der Waals surface area contributed by atoms with Gasteiger partial charge in [0, 0.05) is 40.5 Å². The molecular formula is C23H16F2N4. The third kappa shape index (κ3) is 3.04. The lowest BCUT2D eigenvalue weighted by molar-refractivity contribution is 0.585. The van der Waals surface area contributed by atoms with Crippen LogP contribution < -0.4 is 5.73 Å². The van der Waals surface area contributed by atoms with Crippen molar-refractivity contribution in [2.45, 2.75) is 0 Å². The monoisotopic (exact) mass is 386 g/mol. The average Bonchev–Trinajstić information content (AvgIpc) is 3.37. The van der Waals surface area contributed by atoms with Crippen molar-refractivity contribution in [1.82, 2.24) is 14.5 Å². The van der Waals surface area contributed by atoms with Crippen molar-refractivity contribution in [3.05, 3.63) is 90.9 Å². The topological polar surface area (TPSA) is 59.6 Å². The third-order valence-corrected chi connectivity index (χ3v) is 4.92. The summed E-state index contributed by atoms with van der Waals surface area (Å²) in [7, 11) is 0. The van der Waals surface area contributed by atoms with Gasteiger partial charge in [-0.15, -0.1) is 0 Å². The smallest absolute Gasteiger partial charge is 0.133 e. The fourth-order valence-corrected chi connectivity index (χ4v) is 3.55. The quantitative estimate of drug-likeness (QED) is 0.400. The number of nitrogens with zero attached hydrogens (tertiary/aromatic N) is 2. The lowest BCUT2D eigenvalue weighted by Gasteiger charge is -2.11. The van der Waals surface area contributed by atoms with E-state index in [1.165, 1.54) is 12.1 Å². The Morgan fingerprint density at radius 3 is 2.59 bits per heavy atom. The second kappa shape index (κ2) is 6.60. The first kappa shape index (κ1) is 17.2. The molecule has 0 aliphatic carbocycles. The van der Waals surface area contributed by atoms with Crippen molar-refractivity contribution in [2.75, 3.05) is 5.73 Å². The van der Waals surface area contributed by atoms with Crippen LogP contribution in [0.25, 0.3) is 39.1 Å². The van der Waals surface area contributed by atoms with E-state index in [0.717, 1.165) is 34.0 Å². The van der Waals surface area contributed by atoms with Crippen molar-refractivity contribution in [2.24, 2.45) is 0 Å². The van der Waals surface area contributed by atoms with Crippen molar-refractivity contribution in [3.63, 3.8) is 0 Å². The van der Waals surface area contributed by atoms with Crippen LogP contribution >= 0.6 is 0 Å². The number of H-pyrrole nitrogens is 1. The molecule has 0 bridgehead atoms. The Balaban J connectivity index is 1.62. The van der Waals surface area contributed by atoms with Crippen molar-refractivity contribution in [3.8, 4) is 28.1 Å². The number of aromatic nitrogens is 3. The number of hydrogen-bond acceptors (Lipinski definition) is 2. The van der Waals surface area contributed by atoms with Crippen molar-refractivity contribution in [1.29, 1.82) is 0 Å². The van der Waals surface area contributed by atoms with Gasteiger partial charge in [-0.3, -0.25) is 4.57 Å². The summed E-state index contributed by atoms with van der Waals surface area (Å²) >= 11 is 0. The van der Waals surface area contributed by atoms with E-state index in [1.807, 2.05) is 47.2 Å². The van der Waals surface area contributed by atoms with E-state index < -0.39 is 11.6 Å². The summed E-state index contributed by atoms with van der Waals surface area (Å²) in [6, 6.07) is 18.7. The number of hydrogen-bond donors (Lipinski definition) is 2. The van der Waals surface area contributed by atoms with Gasteiger partial charge in [0.1, 0.15) is 18.0 Å². The van der Waals surface area contributed by atoms with Gasteiger partial charge in [-0.1, -0.05) is 6.07 Å². The summed E-state index contributed by atoms with van der Waals surface area (Å²) in [4.78, 5) is 7.70. The molecule has 0 spiro atoms. The van der Waals surface area contributed by atoms with Crippen LogP contribution in [0.15, 0.2) is 79.3 Å². The van der Waals surface area contributed by atoms with Crippen LogP contribution in [-0.4, -0.2) is 14.5 Å². The summed E-state index contributed by atoms with van der Waals surface area (Å²) in [6.07, 6.45) is 3.59. The number of nitrogens with two attached hydrogens (primary N) is 1. The second-order valence-corrected chi connectivity index (χ2v) is 6.84. The second-order valence-electron chi connectivity index (χ2n) is 6.84. The molecule has 142 valence electrons. The third-order valence-electron chi connectivity index (χ3n) is 4.92. The maximum Gasteiger partial charge on any atom is 0.133 e. The van der Waals surface area contributed by atoms with Crippen LogP contribution in [0.5, 0.6) is 0 Å². The van der Waals surface area contributed by atoms with Gasteiger partial charge in [-0.25, -0.2) is 13.8 Å². The minimum absolute atomic E-state index is 0.290. The molecule has 0 unspecified atom stereocenters. The molecule has 0 saturated carbocycles. The number of nitrogens with one attached hydrogen (secondary N) is 1. The van der Waals surface area contributed by atoms with Gasteiger partial charge in [0.15, 0.2) is 0 Å². The predicted molar refractivity (Wildman–Crippen MR) is 111 cm³/mol. The molecule has 5 aromatic rings. The first-order chi connectivity index (χ1) is 14.1. The number of rotatable bonds is 3. The molecule has 0 radical (unpaired) electrons. The molecule has 0 aliphatic rings. The minimum atomic E-state index is -0.632. The van der Waals surface area contributed by atoms with Crippen LogP contribution in [0, 0.1) is 11.6 Å². The van der Waals surface area contributed by atoms with Gasteiger partial charge in [0.25, 0.3) is 0 Å². The number of nitrogen functional groups attached to an aromatic ring is 1. The molecule has 3 aromatic carbocycles. The SMILES string of the molecule is Nc1cc(-c2ccc(F)cc2F)cc(-n2cnc3cc(-c4ccc[nH]4)ccc32)c1. The molecule has 0 saturated heterocycles. The summed E-state index contributed by atoms with van der Waals surface area (Å²) in [6.45, 7) is 0. The van der Waals surface area contributed by atoms with E-state index in [0.29, 0.717) is 16.8 Å². The summed E-state index contributed by atoms with van der Waals surface area (Å²) in [5.41, 5.74) is 11.9. The van der Waals surface area contributed by atoms with E-state index in [2.05, 4.69) is 9.97 Å². The Bertz CT molecular complexity index is 1340. The maximum atomic E-state index is 14.3. The van der Waals surface area contributed by atoms with Gasteiger partial charge >= 0.3 is 0 Å². The average molecular weight is 386 g/mol. The summed E-state index contributed by atoms with van der Waals surface area (Å²) < 4.78 is 29.4. The molecule has 3 N–H and O–H groups in total. The van der Waals surface area contributed by atoms with E-state index in [4.69, 9.17) is 5.73 Å². The number of fused-ring (bicyclic) bond motifs is 1. The minimum Gasteiger partial charge on any atom is -0.399 e. The highest BCUT2D eigenvalue weighted by molar-refractivity contribution is 5.83. The zero-order chi connectivity index (χ0) is 20.0. The molecule has 4 nitrogen and oxygen atoms in total. The van der Waals surface area contributed by atoms with Gasteiger partial charge < -0.3 is 10.7 Å². The Kier molecular flexibility index (Phi) is 3.91. The number of halogens is 2. The highest BCUT2D eigenvalue weighted by Gasteiger charge is 2.12. The molecule has 0 amide bonds. The first-order valence-corrected chi connectivity index (χ1v) is 9.06. The standard InChI is InChI=1S/C23H16F2N4/c24-16-4-5-19(20(25)11-16)15-8-17(26)12-18(9-15)29-13-28-22-10-14(3-6-23(22)29)21-2-1-7-27-21/h1-13,27H,26H2.